The van der Waals surface area contributed by atoms with Crippen molar-refractivity contribution in [2.75, 3.05) is 13.1 Å². The van der Waals surface area contributed by atoms with Crippen LogP contribution in [0, 0.1) is 0 Å². The molecule has 1 heterocycles. The summed E-state index contributed by atoms with van der Waals surface area (Å²) in [5.41, 5.74) is -0.159. The lowest BCUT2D eigenvalue weighted by molar-refractivity contribution is -0.0826. The van der Waals surface area contributed by atoms with E-state index >= 15 is 0 Å². The normalized spacial score (nSPS) is 17.8. The molecule has 1 aromatic carbocycles. The van der Waals surface area contributed by atoms with E-state index in [1.54, 1.807) is 23.1 Å². The molecular weight excluding hydrogens is 305 g/mol. The molecule has 1 saturated heterocycles. The number of nitrogens with zero attached hydrogens (tertiary/aromatic N) is 1. The molecule has 1 N–H and O–H groups in total. The van der Waals surface area contributed by atoms with Crippen molar-refractivity contribution >= 4 is 33.4 Å². The number of hydrogen-bond acceptors (Lipinski definition) is 2. The lowest BCUT2D eigenvalue weighted by Gasteiger charge is -2.46. The highest BCUT2D eigenvalue weighted by molar-refractivity contribution is 9.10. The van der Waals surface area contributed by atoms with Gasteiger partial charge < -0.3 is 10.0 Å². The first kappa shape index (κ1) is 12.9. The number of likely N-dealkylation sites (tertiary alicyclic amines) is 1. The zero-order valence-electron chi connectivity index (χ0n) is 9.41. The van der Waals surface area contributed by atoms with Gasteiger partial charge in [-0.1, -0.05) is 34.5 Å². The molecular formula is C12H13BrClNO2. The summed E-state index contributed by atoms with van der Waals surface area (Å²) in [5.74, 6) is -0.0914. The Morgan fingerprint density at radius 2 is 2.18 bits per heavy atom. The Bertz CT molecular complexity index is 438. The van der Waals surface area contributed by atoms with Gasteiger partial charge >= 0.3 is 0 Å². The summed E-state index contributed by atoms with van der Waals surface area (Å²) >= 11 is 9.20. The molecule has 92 valence electrons. The molecule has 1 amide bonds. The van der Waals surface area contributed by atoms with E-state index in [4.69, 9.17) is 11.6 Å². The van der Waals surface area contributed by atoms with Crippen LogP contribution >= 0.6 is 27.5 Å². The largest absolute Gasteiger partial charge is 0.386 e. The second kappa shape index (κ2) is 4.59. The van der Waals surface area contributed by atoms with Gasteiger partial charge in [0.2, 0.25) is 0 Å². The minimum Gasteiger partial charge on any atom is -0.386 e. The lowest BCUT2D eigenvalue weighted by atomic mass is 9.90. The first-order valence-corrected chi connectivity index (χ1v) is 6.58. The van der Waals surface area contributed by atoms with Gasteiger partial charge in [0.15, 0.2) is 0 Å². The van der Waals surface area contributed by atoms with E-state index < -0.39 is 5.60 Å². The maximum Gasteiger partial charge on any atom is 0.254 e. The van der Waals surface area contributed by atoms with Crippen LogP contribution in [0.1, 0.15) is 23.7 Å². The minimum absolute atomic E-state index is 0.0914. The van der Waals surface area contributed by atoms with Crippen molar-refractivity contribution in [2.24, 2.45) is 0 Å². The van der Waals surface area contributed by atoms with Crippen molar-refractivity contribution in [3.63, 3.8) is 0 Å². The zero-order chi connectivity index (χ0) is 12.6. The van der Waals surface area contributed by atoms with Crippen molar-refractivity contribution in [1.82, 2.24) is 4.90 Å². The van der Waals surface area contributed by atoms with Crippen LogP contribution in [-0.2, 0) is 0 Å². The summed E-state index contributed by atoms with van der Waals surface area (Å²) in [5, 5.41) is 10.4. The van der Waals surface area contributed by atoms with Crippen LogP contribution in [0.25, 0.3) is 0 Å². The highest BCUT2D eigenvalue weighted by atomic mass is 79.9. The summed E-state index contributed by atoms with van der Waals surface area (Å²) in [7, 11) is 0. The van der Waals surface area contributed by atoms with Gasteiger partial charge in [0.25, 0.3) is 5.91 Å². The number of benzene rings is 1. The predicted octanol–water partition coefficient (Wildman–Crippen LogP) is 2.70. The molecule has 0 saturated carbocycles. The maximum absolute atomic E-state index is 12.1. The molecule has 0 radical (unpaired) electrons. The Hall–Kier alpha value is -0.580. The van der Waals surface area contributed by atoms with Crippen molar-refractivity contribution in [2.45, 2.75) is 18.9 Å². The summed E-state index contributed by atoms with van der Waals surface area (Å²) in [6.07, 6.45) is 0.663. The molecule has 0 atom stereocenters. The second-order valence-corrected chi connectivity index (χ2v) is 5.75. The molecule has 3 nitrogen and oxygen atoms in total. The number of β-amino-alcohol motifs (C(OH)–C–C–N with tert-alkyl or cyclic N) is 1. The van der Waals surface area contributed by atoms with Crippen LogP contribution in [0.3, 0.4) is 0 Å². The van der Waals surface area contributed by atoms with E-state index in [2.05, 4.69) is 15.9 Å². The minimum atomic E-state index is -0.703. The van der Waals surface area contributed by atoms with Gasteiger partial charge in [0.05, 0.1) is 18.7 Å². The van der Waals surface area contributed by atoms with Gasteiger partial charge in [-0.2, -0.15) is 0 Å². The molecule has 0 bridgehead atoms. The van der Waals surface area contributed by atoms with Crippen LogP contribution < -0.4 is 0 Å². The Morgan fingerprint density at radius 3 is 2.71 bits per heavy atom. The Kier molecular flexibility index (Phi) is 3.48. The summed E-state index contributed by atoms with van der Waals surface area (Å²) < 4.78 is 0.777. The molecule has 17 heavy (non-hydrogen) atoms. The number of carbonyl (C=O) groups is 1. The quantitative estimate of drug-likeness (QED) is 0.911. The van der Waals surface area contributed by atoms with Crippen molar-refractivity contribution in [3.05, 3.63) is 33.3 Å². The fraction of sp³-hybridized carbons (Fsp3) is 0.417. The number of carbonyl (C=O) groups excluding carboxylic acids is 1. The van der Waals surface area contributed by atoms with E-state index in [1.165, 1.54) is 0 Å². The second-order valence-electron chi connectivity index (χ2n) is 4.40. The summed E-state index contributed by atoms with van der Waals surface area (Å²) in [6, 6.07) is 5.10. The average molecular weight is 319 g/mol. The van der Waals surface area contributed by atoms with Crippen molar-refractivity contribution < 1.29 is 9.90 Å². The van der Waals surface area contributed by atoms with Crippen molar-refractivity contribution in [3.8, 4) is 0 Å². The van der Waals surface area contributed by atoms with E-state index in [9.17, 15) is 9.90 Å². The highest BCUT2D eigenvalue weighted by Gasteiger charge is 2.42. The average Bonchev–Trinajstić information content (AvgIpc) is 2.22. The number of amides is 1. The van der Waals surface area contributed by atoms with E-state index in [-0.39, 0.29) is 5.91 Å². The molecule has 0 unspecified atom stereocenters. The molecule has 1 aromatic rings. The van der Waals surface area contributed by atoms with Crippen LogP contribution in [0.2, 0.25) is 5.02 Å². The van der Waals surface area contributed by atoms with E-state index in [0.717, 1.165) is 4.47 Å². The van der Waals surface area contributed by atoms with Gasteiger partial charge in [-0.15, -0.1) is 0 Å². The van der Waals surface area contributed by atoms with Crippen LogP contribution in [0.15, 0.2) is 22.7 Å². The monoisotopic (exact) mass is 317 g/mol. The number of aliphatic hydroxyl groups is 1. The number of halogens is 2. The summed E-state index contributed by atoms with van der Waals surface area (Å²) in [4.78, 5) is 13.7. The molecule has 2 rings (SSSR count). The van der Waals surface area contributed by atoms with Gasteiger partial charge in [-0.05, 0) is 24.6 Å². The van der Waals surface area contributed by atoms with Gasteiger partial charge in [0.1, 0.15) is 0 Å². The Balaban J connectivity index is 2.11. The molecule has 0 aromatic heterocycles. The topological polar surface area (TPSA) is 40.5 Å². The smallest absolute Gasteiger partial charge is 0.254 e. The highest BCUT2D eigenvalue weighted by Crippen LogP contribution is 2.27. The third kappa shape index (κ3) is 2.64. The third-order valence-electron chi connectivity index (χ3n) is 3.03. The van der Waals surface area contributed by atoms with Gasteiger partial charge in [-0.25, -0.2) is 0 Å². The fourth-order valence-electron chi connectivity index (χ4n) is 1.89. The predicted molar refractivity (Wildman–Crippen MR) is 70.3 cm³/mol. The lowest BCUT2D eigenvalue weighted by Crippen LogP contribution is -2.63. The fourth-order valence-corrected chi connectivity index (χ4v) is 2.75. The van der Waals surface area contributed by atoms with E-state index in [0.29, 0.717) is 30.1 Å². The molecule has 1 aliphatic rings. The Morgan fingerprint density at radius 1 is 1.53 bits per heavy atom. The zero-order valence-corrected chi connectivity index (χ0v) is 11.8. The number of rotatable bonds is 2. The van der Waals surface area contributed by atoms with Crippen molar-refractivity contribution in [1.29, 1.82) is 0 Å². The molecule has 0 spiro atoms. The standard InChI is InChI=1S/C12H13BrClNO2/c1-2-12(17)6-15(7-12)11(16)8-3-9(13)5-10(14)4-8/h3-5,17H,2,6-7H2,1H3. The van der Waals surface area contributed by atoms with Gasteiger partial charge in [0, 0.05) is 15.1 Å². The SMILES string of the molecule is CCC1(O)CN(C(=O)c2cc(Cl)cc(Br)c2)C1. The summed E-state index contributed by atoms with van der Waals surface area (Å²) in [6.45, 7) is 2.71. The van der Waals surface area contributed by atoms with Crippen LogP contribution in [0.5, 0.6) is 0 Å². The van der Waals surface area contributed by atoms with E-state index in [1.807, 2.05) is 6.92 Å². The van der Waals surface area contributed by atoms with Crippen LogP contribution in [-0.4, -0.2) is 34.6 Å². The maximum atomic E-state index is 12.1. The first-order valence-electron chi connectivity index (χ1n) is 5.41. The van der Waals surface area contributed by atoms with Gasteiger partial charge in [-0.3, -0.25) is 4.79 Å². The number of hydrogen-bond donors (Lipinski definition) is 1. The first-order chi connectivity index (χ1) is 7.93. The molecule has 1 aliphatic heterocycles. The Labute approximate surface area is 114 Å². The molecule has 5 heteroatoms. The third-order valence-corrected chi connectivity index (χ3v) is 3.70. The molecule has 0 aliphatic carbocycles. The van der Waals surface area contributed by atoms with Crippen LogP contribution in [0.4, 0.5) is 0 Å². The molecule has 1 fully saturated rings.